The highest BCUT2D eigenvalue weighted by molar-refractivity contribution is 6.42. The van der Waals surface area contributed by atoms with Gasteiger partial charge in [-0.15, -0.1) is 0 Å². The molecule has 5 nitrogen and oxygen atoms in total. The third-order valence-corrected chi connectivity index (χ3v) is 4.73. The number of ether oxygens (including phenoxy) is 2. The van der Waals surface area contributed by atoms with Crippen molar-refractivity contribution in [1.29, 1.82) is 0 Å². The highest BCUT2D eigenvalue weighted by Crippen LogP contribution is 2.30. The zero-order chi connectivity index (χ0) is 21.6. The van der Waals surface area contributed by atoms with Crippen LogP contribution in [0.25, 0.3) is 6.08 Å². The minimum absolute atomic E-state index is 0.149. The van der Waals surface area contributed by atoms with Gasteiger partial charge in [-0.2, -0.15) is 0 Å². The van der Waals surface area contributed by atoms with Crippen molar-refractivity contribution in [2.45, 2.75) is 20.0 Å². The van der Waals surface area contributed by atoms with Gasteiger partial charge in [0.25, 0.3) is 5.91 Å². The molecule has 154 valence electrons. The van der Waals surface area contributed by atoms with Crippen LogP contribution in [0.5, 0.6) is 11.5 Å². The number of ketones is 1. The molecule has 0 radical (unpaired) electrons. The number of halogens is 2. The number of allylic oxidation sites excluding steroid dienone is 1. The molecule has 1 unspecified atom stereocenters. The Labute approximate surface area is 180 Å². The molecule has 2 aromatic rings. The lowest BCUT2D eigenvalue weighted by Gasteiger charge is -2.20. The lowest BCUT2D eigenvalue weighted by atomic mass is 10.1. The van der Waals surface area contributed by atoms with Crippen LogP contribution in [0.2, 0.25) is 10.0 Å². The molecule has 7 heteroatoms. The van der Waals surface area contributed by atoms with E-state index in [1.807, 2.05) is 6.92 Å². The van der Waals surface area contributed by atoms with Crippen molar-refractivity contribution in [2.75, 3.05) is 20.7 Å². The molecule has 0 aliphatic carbocycles. The maximum Gasteiger partial charge on any atom is 0.262 e. The molecule has 2 rings (SSSR count). The standard InChI is InChI=1S/C22H23Cl2NO4/c1-5-28-21-12-15(7-11-20(21)29-14(2)22(27)25(3)4)6-10-19(26)16-8-9-17(23)18(24)13-16/h6-14H,5H2,1-4H3. The predicted octanol–water partition coefficient (Wildman–Crippen LogP) is 5.14. The first kappa shape index (κ1) is 22.8. The Kier molecular flexibility index (Phi) is 8.11. The summed E-state index contributed by atoms with van der Waals surface area (Å²) in [7, 11) is 3.34. The van der Waals surface area contributed by atoms with E-state index in [1.165, 1.54) is 17.0 Å². The first-order valence-corrected chi connectivity index (χ1v) is 9.80. The number of rotatable bonds is 8. The third-order valence-electron chi connectivity index (χ3n) is 3.99. The van der Waals surface area contributed by atoms with E-state index < -0.39 is 6.10 Å². The van der Waals surface area contributed by atoms with E-state index in [0.717, 1.165) is 5.56 Å². The highest BCUT2D eigenvalue weighted by Gasteiger charge is 2.18. The van der Waals surface area contributed by atoms with E-state index in [4.69, 9.17) is 32.7 Å². The van der Waals surface area contributed by atoms with Crippen LogP contribution in [-0.4, -0.2) is 43.4 Å². The van der Waals surface area contributed by atoms with E-state index >= 15 is 0 Å². The van der Waals surface area contributed by atoms with Crippen LogP contribution >= 0.6 is 23.2 Å². The van der Waals surface area contributed by atoms with Gasteiger partial charge in [0.05, 0.1) is 16.7 Å². The summed E-state index contributed by atoms with van der Waals surface area (Å²) in [5.74, 6) is 0.605. The molecule has 1 amide bonds. The number of amides is 1. The smallest absolute Gasteiger partial charge is 0.262 e. The quantitative estimate of drug-likeness (QED) is 0.425. The molecule has 0 fully saturated rings. The lowest BCUT2D eigenvalue weighted by molar-refractivity contribution is -0.135. The van der Waals surface area contributed by atoms with Gasteiger partial charge in [-0.3, -0.25) is 9.59 Å². The van der Waals surface area contributed by atoms with E-state index in [9.17, 15) is 9.59 Å². The number of carbonyl (C=O) groups is 2. The van der Waals surface area contributed by atoms with Gasteiger partial charge in [0.15, 0.2) is 23.4 Å². The summed E-state index contributed by atoms with van der Waals surface area (Å²) in [6, 6.07) is 9.98. The molecule has 0 N–H and O–H groups in total. The average Bonchev–Trinajstić information content (AvgIpc) is 2.69. The molecule has 0 bridgehead atoms. The molecule has 2 aromatic carbocycles. The summed E-state index contributed by atoms with van der Waals surface area (Å²) >= 11 is 11.8. The van der Waals surface area contributed by atoms with Gasteiger partial charge in [-0.25, -0.2) is 0 Å². The van der Waals surface area contributed by atoms with Gasteiger partial charge in [0.1, 0.15) is 0 Å². The van der Waals surface area contributed by atoms with Gasteiger partial charge in [0.2, 0.25) is 0 Å². The van der Waals surface area contributed by atoms with Crippen molar-refractivity contribution >= 4 is 41.0 Å². The van der Waals surface area contributed by atoms with E-state index in [2.05, 4.69) is 0 Å². The summed E-state index contributed by atoms with van der Waals surface area (Å²) in [6.07, 6.45) is 2.47. The minimum Gasteiger partial charge on any atom is -0.490 e. The van der Waals surface area contributed by atoms with Crippen LogP contribution in [-0.2, 0) is 4.79 Å². The molecular weight excluding hydrogens is 413 g/mol. The minimum atomic E-state index is -0.651. The summed E-state index contributed by atoms with van der Waals surface area (Å²) < 4.78 is 11.4. The second kappa shape index (κ2) is 10.3. The van der Waals surface area contributed by atoms with Gasteiger partial charge < -0.3 is 14.4 Å². The lowest BCUT2D eigenvalue weighted by Crippen LogP contribution is -2.35. The molecule has 1 atom stereocenters. The SMILES string of the molecule is CCOc1cc(C=CC(=O)c2ccc(Cl)c(Cl)c2)ccc1OC(C)C(=O)N(C)C. The molecule has 0 spiro atoms. The van der Waals surface area contributed by atoms with Crippen LogP contribution in [0.1, 0.15) is 29.8 Å². The Morgan fingerprint density at radius 2 is 1.79 bits per heavy atom. The zero-order valence-corrected chi connectivity index (χ0v) is 18.3. The summed E-state index contributed by atoms with van der Waals surface area (Å²) in [6.45, 7) is 3.97. The average molecular weight is 436 g/mol. The number of hydrogen-bond acceptors (Lipinski definition) is 4. The Bertz CT molecular complexity index is 925. The van der Waals surface area contributed by atoms with Crippen LogP contribution in [0, 0.1) is 0 Å². The van der Waals surface area contributed by atoms with E-state index in [1.54, 1.807) is 57.4 Å². The second-order valence-electron chi connectivity index (χ2n) is 6.46. The summed E-state index contributed by atoms with van der Waals surface area (Å²) in [5.41, 5.74) is 1.19. The maximum atomic E-state index is 12.4. The Morgan fingerprint density at radius 3 is 2.41 bits per heavy atom. The van der Waals surface area contributed by atoms with Crippen molar-refractivity contribution in [3.8, 4) is 11.5 Å². The summed E-state index contributed by atoms with van der Waals surface area (Å²) in [5, 5.41) is 0.721. The Hall–Kier alpha value is -2.50. The summed E-state index contributed by atoms with van der Waals surface area (Å²) in [4.78, 5) is 25.9. The van der Waals surface area contributed by atoms with Gasteiger partial charge >= 0.3 is 0 Å². The Balaban J connectivity index is 2.20. The molecule has 0 saturated heterocycles. The second-order valence-corrected chi connectivity index (χ2v) is 7.27. The zero-order valence-electron chi connectivity index (χ0n) is 16.7. The first-order chi connectivity index (χ1) is 13.7. The maximum absolute atomic E-state index is 12.4. The fraction of sp³-hybridized carbons (Fsp3) is 0.273. The predicted molar refractivity (Wildman–Crippen MR) is 116 cm³/mol. The largest absolute Gasteiger partial charge is 0.490 e. The van der Waals surface area contributed by atoms with Crippen LogP contribution in [0.3, 0.4) is 0 Å². The molecule has 0 aliphatic rings. The molecule has 0 aliphatic heterocycles. The van der Waals surface area contributed by atoms with E-state index in [-0.39, 0.29) is 11.7 Å². The molecule has 0 aromatic heterocycles. The van der Waals surface area contributed by atoms with E-state index in [0.29, 0.717) is 33.7 Å². The fourth-order valence-corrected chi connectivity index (χ4v) is 2.81. The number of nitrogens with zero attached hydrogens (tertiary/aromatic N) is 1. The molecular formula is C22H23Cl2NO4. The van der Waals surface area contributed by atoms with Gasteiger partial charge in [0, 0.05) is 19.7 Å². The molecule has 29 heavy (non-hydrogen) atoms. The van der Waals surface area contributed by atoms with Gasteiger partial charge in [-0.1, -0.05) is 35.3 Å². The van der Waals surface area contributed by atoms with Crippen LogP contribution in [0.4, 0.5) is 0 Å². The van der Waals surface area contributed by atoms with Crippen molar-refractivity contribution in [3.63, 3.8) is 0 Å². The number of hydrogen-bond donors (Lipinski definition) is 0. The number of likely N-dealkylation sites (N-methyl/N-ethyl adjacent to an activating group) is 1. The van der Waals surface area contributed by atoms with Crippen LogP contribution < -0.4 is 9.47 Å². The monoisotopic (exact) mass is 435 g/mol. The van der Waals surface area contributed by atoms with Crippen molar-refractivity contribution in [2.24, 2.45) is 0 Å². The van der Waals surface area contributed by atoms with Crippen molar-refractivity contribution in [3.05, 3.63) is 63.6 Å². The number of benzene rings is 2. The van der Waals surface area contributed by atoms with Gasteiger partial charge in [-0.05, 0) is 55.8 Å². The van der Waals surface area contributed by atoms with Crippen molar-refractivity contribution in [1.82, 2.24) is 4.90 Å². The topological polar surface area (TPSA) is 55.8 Å². The fourth-order valence-electron chi connectivity index (χ4n) is 2.52. The molecule has 0 saturated carbocycles. The molecule has 0 heterocycles. The van der Waals surface area contributed by atoms with Crippen LogP contribution in [0.15, 0.2) is 42.5 Å². The van der Waals surface area contributed by atoms with Crippen molar-refractivity contribution < 1.29 is 19.1 Å². The third kappa shape index (κ3) is 6.24. The normalized spacial score (nSPS) is 11.9. The number of carbonyl (C=O) groups excluding carboxylic acids is 2. The highest BCUT2D eigenvalue weighted by atomic mass is 35.5. The first-order valence-electron chi connectivity index (χ1n) is 9.05. The Morgan fingerprint density at radius 1 is 1.07 bits per heavy atom.